The molecule has 9 heteroatoms. The molecule has 0 spiro atoms. The highest BCUT2D eigenvalue weighted by atomic mass is 32.2. The Morgan fingerprint density at radius 1 is 0.220 bits per heavy atom. The maximum atomic E-state index is 8.72. The molecular weight excluding hydrogens is 1570 g/mol. The van der Waals surface area contributed by atoms with Crippen LogP contribution in [0.25, 0.3) is 111 Å². The van der Waals surface area contributed by atoms with Gasteiger partial charge in [0.25, 0.3) is 13.4 Å². The van der Waals surface area contributed by atoms with E-state index in [2.05, 4.69) is 455 Å². The SMILES string of the molecule is CC(C)(C)c1cc2c3c(c1)N(c1c(-c4ccccc4)cc(-c4ccccc4)cc1-c1ccccc1)c1cc4c5c(c1B3c1ccc(-c3ccccc3)cc1N2c1c(-c2ccccc2)cc(-c2ccccc2)cc1-c1ccccc1)Oc1cc2c3c(c1B5c1ccc(-c5ccccc5)cc1O4)Sc1cc(-c4ccccc4)ccc1B3c1ccc(-c3ccccc3)cc1S2. The fourth-order valence-corrected chi connectivity index (χ4v) is 23.5. The summed E-state index contributed by atoms with van der Waals surface area (Å²) in [6, 6.07) is 159. The van der Waals surface area contributed by atoms with E-state index in [1.807, 2.05) is 23.5 Å². The third-order valence-corrected chi connectivity index (χ3v) is 29.2. The molecule has 0 radical (unpaired) electrons. The second-order valence-electron chi connectivity index (χ2n) is 35.2. The highest BCUT2D eigenvalue weighted by Crippen LogP contribution is 2.58. The van der Waals surface area contributed by atoms with Crippen LogP contribution in [0, 0.1) is 0 Å². The number of anilines is 6. The molecule has 0 N–H and O–H groups in total. The van der Waals surface area contributed by atoms with Crippen LogP contribution < -0.4 is 68.4 Å². The Morgan fingerprint density at radius 2 is 0.559 bits per heavy atom. The molecular formula is C118H79B3N2O2S2. The fraction of sp³-hybridized carbons (Fsp3) is 0.0339. The topological polar surface area (TPSA) is 24.9 Å². The number of ether oxygens (including phenoxy) is 2. The molecule has 6 aliphatic heterocycles. The molecule has 594 valence electrons. The van der Waals surface area contributed by atoms with Crippen LogP contribution in [0.2, 0.25) is 0 Å². The van der Waals surface area contributed by atoms with E-state index in [0.717, 1.165) is 179 Å². The van der Waals surface area contributed by atoms with Crippen molar-refractivity contribution in [2.24, 2.45) is 0 Å². The second-order valence-corrected chi connectivity index (χ2v) is 37.3. The lowest BCUT2D eigenvalue weighted by atomic mass is 9.29. The smallest absolute Gasteiger partial charge is 0.262 e. The van der Waals surface area contributed by atoms with E-state index in [9.17, 15) is 0 Å². The van der Waals surface area contributed by atoms with Gasteiger partial charge in [-0.2, -0.15) is 0 Å². The zero-order chi connectivity index (χ0) is 84.1. The summed E-state index contributed by atoms with van der Waals surface area (Å²) in [5, 5.41) is 0. The van der Waals surface area contributed by atoms with E-state index in [4.69, 9.17) is 9.47 Å². The fourth-order valence-electron chi connectivity index (χ4n) is 20.9. The van der Waals surface area contributed by atoms with Crippen LogP contribution in [0.15, 0.2) is 444 Å². The van der Waals surface area contributed by atoms with Crippen molar-refractivity contribution >= 4 is 127 Å². The number of fused-ring (bicyclic) bond motifs is 14. The van der Waals surface area contributed by atoms with E-state index in [1.54, 1.807) is 0 Å². The first kappa shape index (κ1) is 74.9. The summed E-state index contributed by atoms with van der Waals surface area (Å²) in [5.41, 5.74) is 40.1. The second kappa shape index (κ2) is 30.0. The summed E-state index contributed by atoms with van der Waals surface area (Å²) < 4.78 is 16.8. The lowest BCUT2D eigenvalue weighted by molar-refractivity contribution is 0.466. The van der Waals surface area contributed by atoms with Gasteiger partial charge in [0.1, 0.15) is 23.0 Å². The van der Waals surface area contributed by atoms with Crippen molar-refractivity contribution in [1.29, 1.82) is 0 Å². The first-order valence-corrected chi connectivity index (χ1v) is 45.6. The van der Waals surface area contributed by atoms with Crippen LogP contribution >= 0.6 is 23.5 Å². The number of benzene rings is 19. The zero-order valence-corrected chi connectivity index (χ0v) is 71.8. The Kier molecular flexibility index (Phi) is 17.7. The average Bonchev–Trinajstić information content (AvgIpc) is 0.669. The van der Waals surface area contributed by atoms with Crippen LogP contribution in [0.5, 0.6) is 23.0 Å². The predicted molar refractivity (Wildman–Crippen MR) is 537 cm³/mol. The normalized spacial score (nSPS) is 13.1. The van der Waals surface area contributed by atoms with Gasteiger partial charge < -0.3 is 19.3 Å². The predicted octanol–water partition coefficient (Wildman–Crippen LogP) is 25.9. The highest BCUT2D eigenvalue weighted by molar-refractivity contribution is 8.01. The summed E-state index contributed by atoms with van der Waals surface area (Å²) in [7, 11) is 0. The van der Waals surface area contributed by atoms with Crippen molar-refractivity contribution in [3.63, 3.8) is 0 Å². The van der Waals surface area contributed by atoms with Crippen molar-refractivity contribution in [2.45, 2.75) is 45.8 Å². The van der Waals surface area contributed by atoms with Crippen LogP contribution in [-0.4, -0.2) is 20.1 Å². The number of nitrogens with zero attached hydrogens (tertiary/aromatic N) is 2. The van der Waals surface area contributed by atoms with Gasteiger partial charge in [-0.05, 0) is 200 Å². The molecule has 6 heterocycles. The lowest BCUT2D eigenvalue weighted by Crippen LogP contribution is -2.66. The quantitative estimate of drug-likeness (QED) is 0.113. The lowest BCUT2D eigenvalue weighted by Gasteiger charge is -2.48. The summed E-state index contributed by atoms with van der Waals surface area (Å²) in [6.07, 6.45) is 0. The largest absolute Gasteiger partial charge is 0.459 e. The minimum absolute atomic E-state index is 0.0872. The highest BCUT2D eigenvalue weighted by Gasteiger charge is 2.54. The molecule has 127 heavy (non-hydrogen) atoms. The maximum absolute atomic E-state index is 8.72. The van der Waals surface area contributed by atoms with E-state index in [0.29, 0.717) is 0 Å². The third kappa shape index (κ3) is 12.4. The summed E-state index contributed by atoms with van der Waals surface area (Å²) in [5.74, 6) is 3.21. The molecule has 0 atom stereocenters. The van der Waals surface area contributed by atoms with E-state index >= 15 is 0 Å². The van der Waals surface area contributed by atoms with Crippen LogP contribution in [0.4, 0.5) is 34.1 Å². The van der Waals surface area contributed by atoms with Gasteiger partial charge >= 0.3 is 0 Å². The van der Waals surface area contributed by atoms with Gasteiger partial charge in [-0.15, -0.1) is 0 Å². The molecule has 0 aromatic heterocycles. The molecule has 0 saturated heterocycles. The van der Waals surface area contributed by atoms with Crippen molar-refractivity contribution in [1.82, 2.24) is 0 Å². The monoisotopic (exact) mass is 1650 g/mol. The minimum atomic E-state index is -0.478. The van der Waals surface area contributed by atoms with Gasteiger partial charge in [-0.25, -0.2) is 0 Å². The van der Waals surface area contributed by atoms with Gasteiger partial charge in [0, 0.05) is 76.1 Å². The van der Waals surface area contributed by atoms with Crippen molar-refractivity contribution in [3.05, 3.63) is 430 Å². The Labute approximate surface area is 750 Å². The molecule has 6 aliphatic rings. The van der Waals surface area contributed by atoms with E-state index in [1.165, 1.54) is 63.8 Å². The number of hydrogen-bond acceptors (Lipinski definition) is 6. The van der Waals surface area contributed by atoms with Crippen molar-refractivity contribution in [2.75, 3.05) is 9.80 Å². The molecule has 4 nitrogen and oxygen atoms in total. The van der Waals surface area contributed by atoms with Crippen molar-refractivity contribution < 1.29 is 9.47 Å². The molecule has 0 fully saturated rings. The molecule has 19 aromatic carbocycles. The Hall–Kier alpha value is -14.7. The molecule has 19 aromatic rings. The van der Waals surface area contributed by atoms with Gasteiger partial charge in [-0.3, -0.25) is 0 Å². The molecule has 0 aliphatic carbocycles. The van der Waals surface area contributed by atoms with Crippen LogP contribution in [-0.2, 0) is 5.41 Å². The molecule has 25 rings (SSSR count). The zero-order valence-electron chi connectivity index (χ0n) is 70.2. The Balaban J connectivity index is 0.839. The van der Waals surface area contributed by atoms with Gasteiger partial charge in [0.15, 0.2) is 0 Å². The van der Waals surface area contributed by atoms with Crippen LogP contribution in [0.3, 0.4) is 0 Å². The molecule has 0 amide bonds. The van der Waals surface area contributed by atoms with Gasteiger partial charge in [-0.1, -0.05) is 407 Å². The van der Waals surface area contributed by atoms with Gasteiger partial charge in [0.05, 0.1) is 11.4 Å². The van der Waals surface area contributed by atoms with Crippen LogP contribution in [0.1, 0.15) is 26.3 Å². The summed E-state index contributed by atoms with van der Waals surface area (Å²) in [4.78, 5) is 10.3. The standard InChI is InChI=1S/C118H79B3N2O2S2/c1-118(2,3)90-70-100-109-101(71-90)123(115-93(82-50-30-12-31-51-82)64-89(79-44-24-9-25-45-79)65-94(115)83-52-32-13-33-53-83)102-72-104-111-116(110(102)120(109)95-58-54-84(74-34-14-4-15-35-74)66-99(95)122(100)114-91(80-46-26-10-27-47-80)62-88(78-42-22-8-23-43-78)63-92(114)81-48-28-11-29-49-81)125-105-73-108-113-117(112(105)121(111)96-59-55-85(67-103(96)124-104)75-36-16-5-17-37-75)127-107-69-87(77-40-20-7-21-41-77)57-61-98(107)119(113)97-60-56-86(68-106(97)126-108)76-38-18-6-19-39-76/h4-73H,1-3H3. The summed E-state index contributed by atoms with van der Waals surface area (Å²) in [6.45, 7) is 6.21. The van der Waals surface area contributed by atoms with E-state index < -0.39 is 12.1 Å². The number of rotatable bonds is 12. The van der Waals surface area contributed by atoms with Crippen molar-refractivity contribution in [3.8, 4) is 134 Å². The first-order chi connectivity index (χ1) is 62.6. The summed E-state index contributed by atoms with van der Waals surface area (Å²) >= 11 is 3.81. The third-order valence-electron chi connectivity index (χ3n) is 26.8. The Morgan fingerprint density at radius 3 is 0.976 bits per heavy atom. The Bertz CT molecular complexity index is 7520. The average molecular weight is 1650 g/mol. The molecule has 0 unspecified atom stereocenters. The number of hydrogen-bond donors (Lipinski definition) is 0. The first-order valence-electron chi connectivity index (χ1n) is 44.0. The van der Waals surface area contributed by atoms with E-state index in [-0.39, 0.29) is 13.4 Å². The maximum Gasteiger partial charge on any atom is 0.262 e. The van der Waals surface area contributed by atoms with Gasteiger partial charge in [0.2, 0.25) is 6.71 Å². The minimum Gasteiger partial charge on any atom is -0.459 e. The molecule has 0 saturated carbocycles. The molecule has 0 bridgehead atoms.